The van der Waals surface area contributed by atoms with E-state index in [4.69, 9.17) is 5.11 Å². The Morgan fingerprint density at radius 1 is 0.970 bits per heavy atom. The molecule has 3 aromatic carbocycles. The summed E-state index contributed by atoms with van der Waals surface area (Å²) in [5.41, 5.74) is 4.48. The zero-order chi connectivity index (χ0) is 23.0. The van der Waals surface area contributed by atoms with Gasteiger partial charge in [-0.25, -0.2) is 0 Å². The highest BCUT2D eigenvalue weighted by Crippen LogP contribution is 2.31. The van der Waals surface area contributed by atoms with E-state index < -0.39 is 5.97 Å². The topological polar surface area (TPSA) is 82.0 Å². The minimum absolute atomic E-state index is 0.00657. The first kappa shape index (κ1) is 22.4. The second-order valence-electron chi connectivity index (χ2n) is 8.10. The van der Waals surface area contributed by atoms with Gasteiger partial charge in [-0.2, -0.15) is 0 Å². The number of carboxylic acids is 1. The van der Waals surface area contributed by atoms with Gasteiger partial charge in [-0.15, -0.1) is 0 Å². The molecule has 168 valence electrons. The lowest BCUT2D eigenvalue weighted by Gasteiger charge is -2.24. The van der Waals surface area contributed by atoms with Crippen LogP contribution in [-0.4, -0.2) is 47.2 Å². The predicted molar refractivity (Wildman–Crippen MR) is 130 cm³/mol. The van der Waals surface area contributed by atoms with Crippen LogP contribution in [0.25, 0.3) is 11.1 Å². The maximum absolute atomic E-state index is 13.3. The van der Waals surface area contributed by atoms with Crippen LogP contribution < -0.4 is 5.32 Å². The number of benzene rings is 3. The second-order valence-corrected chi connectivity index (χ2v) is 8.10. The van der Waals surface area contributed by atoms with Crippen LogP contribution in [0, 0.1) is 0 Å². The van der Waals surface area contributed by atoms with Crippen LogP contribution in [0.5, 0.6) is 0 Å². The number of amides is 1. The average Bonchev–Trinajstić information content (AvgIpc) is 3.28. The summed E-state index contributed by atoms with van der Waals surface area (Å²) in [4.78, 5) is 30.4. The molecule has 0 saturated carbocycles. The van der Waals surface area contributed by atoms with Crippen LogP contribution in [-0.2, 0) is 16.1 Å². The number of carbonyl (C=O) groups is 2. The molecule has 1 aliphatic heterocycles. The summed E-state index contributed by atoms with van der Waals surface area (Å²) >= 11 is 0. The Kier molecular flexibility index (Phi) is 7.27. The highest BCUT2D eigenvalue weighted by atomic mass is 16.4. The first-order chi connectivity index (χ1) is 16.1. The number of anilines is 1. The molecule has 0 spiro atoms. The van der Waals surface area contributed by atoms with Gasteiger partial charge in [0.05, 0.1) is 6.04 Å². The molecule has 0 radical (unpaired) electrons. The number of carboxylic acid groups (broad SMARTS) is 1. The number of rotatable bonds is 8. The van der Waals surface area contributed by atoms with Crippen molar-refractivity contribution < 1.29 is 14.7 Å². The zero-order valence-electron chi connectivity index (χ0n) is 18.4. The largest absolute Gasteiger partial charge is 0.480 e. The number of nitrogens with one attached hydrogen (secondary N) is 1. The van der Waals surface area contributed by atoms with E-state index in [2.05, 4.69) is 27.3 Å². The van der Waals surface area contributed by atoms with Crippen molar-refractivity contribution in [2.75, 3.05) is 18.4 Å². The number of carbonyl (C=O) groups excluding carboxylic acids is 1. The molecule has 0 bridgehead atoms. The van der Waals surface area contributed by atoms with Crippen molar-refractivity contribution >= 4 is 23.8 Å². The summed E-state index contributed by atoms with van der Waals surface area (Å²) < 4.78 is 0. The fourth-order valence-electron chi connectivity index (χ4n) is 4.25. The van der Waals surface area contributed by atoms with E-state index >= 15 is 0 Å². The number of hydrogen-bond acceptors (Lipinski definition) is 4. The van der Waals surface area contributed by atoms with Gasteiger partial charge < -0.3 is 10.4 Å². The van der Waals surface area contributed by atoms with Gasteiger partial charge in [0.2, 0.25) is 5.91 Å². The highest BCUT2D eigenvalue weighted by Gasteiger charge is 2.31. The minimum atomic E-state index is -0.979. The van der Waals surface area contributed by atoms with Crippen molar-refractivity contribution in [1.82, 2.24) is 4.90 Å². The number of nitrogens with zero attached hydrogens (tertiary/aromatic N) is 2. The highest BCUT2D eigenvalue weighted by molar-refractivity contribution is 6.01. The van der Waals surface area contributed by atoms with Crippen LogP contribution in [0.1, 0.15) is 24.0 Å². The Morgan fingerprint density at radius 3 is 2.45 bits per heavy atom. The molecular formula is C27H27N3O3. The van der Waals surface area contributed by atoms with E-state index in [-0.39, 0.29) is 18.5 Å². The Morgan fingerprint density at radius 2 is 1.67 bits per heavy atom. The van der Waals surface area contributed by atoms with Crippen molar-refractivity contribution in [1.29, 1.82) is 0 Å². The Hall–Kier alpha value is -3.77. The third-order valence-corrected chi connectivity index (χ3v) is 5.79. The Balaban J connectivity index is 1.54. The lowest BCUT2D eigenvalue weighted by molar-refractivity contribution is -0.135. The van der Waals surface area contributed by atoms with E-state index in [9.17, 15) is 9.59 Å². The summed E-state index contributed by atoms with van der Waals surface area (Å²) in [6.07, 6.45) is 3.40. The van der Waals surface area contributed by atoms with Crippen molar-refractivity contribution in [3.63, 3.8) is 0 Å². The standard InChI is InChI=1S/C27H27N3O3/c31-26(32)18-28-17-21-11-4-5-12-22(21)23-13-6-7-14-24(23)29-27(33)25-15-8-16-30(25)19-20-9-2-1-3-10-20/h1-7,9-14,17,25H,8,15-16,18-19H2,(H,29,33)(H,31,32)/t25-/m0/s1. The van der Waals surface area contributed by atoms with Crippen molar-refractivity contribution in [3.05, 3.63) is 90.0 Å². The number of aliphatic carboxylic acids is 1. The lowest BCUT2D eigenvalue weighted by atomic mass is 9.98. The van der Waals surface area contributed by atoms with Crippen molar-refractivity contribution in [2.45, 2.75) is 25.4 Å². The predicted octanol–water partition coefficient (Wildman–Crippen LogP) is 4.46. The molecule has 1 amide bonds. The summed E-state index contributed by atoms with van der Waals surface area (Å²) in [6.45, 7) is 1.37. The van der Waals surface area contributed by atoms with E-state index in [0.29, 0.717) is 0 Å². The smallest absolute Gasteiger partial charge is 0.325 e. The van der Waals surface area contributed by atoms with Crippen LogP contribution >= 0.6 is 0 Å². The molecule has 1 heterocycles. The van der Waals surface area contributed by atoms with Crippen LogP contribution in [0.2, 0.25) is 0 Å². The van der Waals surface area contributed by atoms with Gasteiger partial charge in [0.15, 0.2) is 0 Å². The van der Waals surface area contributed by atoms with Crippen LogP contribution in [0.4, 0.5) is 5.69 Å². The molecule has 33 heavy (non-hydrogen) atoms. The van der Waals surface area contributed by atoms with Gasteiger partial charge in [0.25, 0.3) is 0 Å². The molecule has 0 aromatic heterocycles. The third kappa shape index (κ3) is 5.73. The van der Waals surface area contributed by atoms with E-state index in [0.717, 1.165) is 48.3 Å². The molecule has 0 aliphatic carbocycles. The molecule has 0 unspecified atom stereocenters. The number of aliphatic imine (C=N–C) groups is 1. The maximum Gasteiger partial charge on any atom is 0.325 e. The summed E-state index contributed by atoms with van der Waals surface area (Å²) in [7, 11) is 0. The fourth-order valence-corrected chi connectivity index (χ4v) is 4.25. The van der Waals surface area contributed by atoms with Gasteiger partial charge in [-0.1, -0.05) is 72.8 Å². The summed E-state index contributed by atoms with van der Waals surface area (Å²) in [5.74, 6) is -0.985. The first-order valence-corrected chi connectivity index (χ1v) is 11.1. The van der Waals surface area contributed by atoms with E-state index in [1.165, 1.54) is 5.56 Å². The fraction of sp³-hybridized carbons (Fsp3) is 0.222. The van der Waals surface area contributed by atoms with Crippen molar-refractivity contribution in [3.8, 4) is 11.1 Å². The van der Waals surface area contributed by atoms with Gasteiger partial charge in [-0.3, -0.25) is 19.5 Å². The maximum atomic E-state index is 13.3. The molecule has 3 aromatic rings. The average molecular weight is 442 g/mol. The minimum Gasteiger partial charge on any atom is -0.480 e. The SMILES string of the molecule is O=C(O)CN=Cc1ccccc1-c1ccccc1NC(=O)[C@@H]1CCCN1Cc1ccccc1. The van der Waals surface area contributed by atoms with Gasteiger partial charge in [-0.05, 0) is 36.6 Å². The Bertz CT molecular complexity index is 1140. The Labute approximate surface area is 193 Å². The zero-order valence-corrected chi connectivity index (χ0v) is 18.4. The van der Waals surface area contributed by atoms with Crippen molar-refractivity contribution in [2.24, 2.45) is 4.99 Å². The summed E-state index contributed by atoms with van der Waals surface area (Å²) in [5, 5.41) is 12.0. The quantitative estimate of drug-likeness (QED) is 0.506. The molecule has 4 rings (SSSR count). The lowest BCUT2D eigenvalue weighted by Crippen LogP contribution is -2.39. The molecule has 2 N–H and O–H groups in total. The van der Waals surface area contributed by atoms with E-state index in [1.54, 1.807) is 6.21 Å². The number of para-hydroxylation sites is 1. The molecule has 6 heteroatoms. The third-order valence-electron chi connectivity index (χ3n) is 5.79. The van der Waals surface area contributed by atoms with Gasteiger partial charge in [0.1, 0.15) is 6.54 Å². The molecule has 6 nitrogen and oxygen atoms in total. The molecular weight excluding hydrogens is 414 g/mol. The number of hydrogen-bond donors (Lipinski definition) is 2. The normalized spacial score (nSPS) is 16.2. The van der Waals surface area contributed by atoms with Gasteiger partial charge in [0, 0.05) is 29.6 Å². The second kappa shape index (κ2) is 10.7. The van der Waals surface area contributed by atoms with Gasteiger partial charge >= 0.3 is 5.97 Å². The molecule has 1 atom stereocenters. The van der Waals surface area contributed by atoms with E-state index in [1.807, 2.05) is 66.7 Å². The molecule has 1 aliphatic rings. The number of likely N-dealkylation sites (tertiary alicyclic amines) is 1. The monoisotopic (exact) mass is 441 g/mol. The molecule has 1 saturated heterocycles. The summed E-state index contributed by atoms with van der Waals surface area (Å²) in [6, 6.07) is 25.4. The molecule has 1 fully saturated rings. The van der Waals surface area contributed by atoms with Crippen LogP contribution in [0.3, 0.4) is 0 Å². The van der Waals surface area contributed by atoms with Crippen LogP contribution in [0.15, 0.2) is 83.9 Å². The first-order valence-electron chi connectivity index (χ1n) is 11.1.